The number of carbonyl (C=O) groups is 1. The molecule has 1 unspecified atom stereocenters. The average Bonchev–Trinajstić information content (AvgIpc) is 2.85. The number of hydrogen-bond donors (Lipinski definition) is 1. The van der Waals surface area contributed by atoms with Crippen molar-refractivity contribution in [2.75, 3.05) is 7.05 Å². The van der Waals surface area contributed by atoms with Crippen LogP contribution >= 0.6 is 0 Å². The molecular formula is C11H16N4O4S. The molecule has 1 atom stereocenters. The summed E-state index contributed by atoms with van der Waals surface area (Å²) < 4.78 is 26.9. The van der Waals surface area contributed by atoms with Gasteiger partial charge in [-0.1, -0.05) is 0 Å². The van der Waals surface area contributed by atoms with Crippen LogP contribution in [0.4, 0.5) is 0 Å². The lowest BCUT2D eigenvalue weighted by atomic mass is 10.3. The normalized spacial score (nSPS) is 13.1. The summed E-state index contributed by atoms with van der Waals surface area (Å²) in [5, 5.41) is 21.0. The van der Waals surface area contributed by atoms with Crippen molar-refractivity contribution in [3.05, 3.63) is 12.4 Å². The molecule has 1 rings (SSSR count). The lowest BCUT2D eigenvalue weighted by molar-refractivity contribution is -0.137. The number of nitriles is 1. The van der Waals surface area contributed by atoms with Gasteiger partial charge in [-0.15, -0.1) is 0 Å². The zero-order valence-corrected chi connectivity index (χ0v) is 12.0. The number of hydrogen-bond acceptors (Lipinski definition) is 5. The summed E-state index contributed by atoms with van der Waals surface area (Å²) in [5.41, 5.74) is 0. The smallest absolute Gasteiger partial charge is 0.305 e. The Morgan fingerprint density at radius 2 is 2.30 bits per heavy atom. The van der Waals surface area contributed by atoms with Crippen molar-refractivity contribution >= 4 is 16.0 Å². The largest absolute Gasteiger partial charge is 0.481 e. The number of carboxylic acids is 1. The number of nitrogens with zero attached hydrogens (tertiary/aromatic N) is 4. The third-order valence-corrected chi connectivity index (χ3v) is 4.77. The van der Waals surface area contributed by atoms with Gasteiger partial charge in [0, 0.05) is 19.3 Å². The number of aromatic nitrogens is 2. The second-order valence-corrected chi connectivity index (χ2v) is 6.31. The Kier molecular flexibility index (Phi) is 5.24. The van der Waals surface area contributed by atoms with Gasteiger partial charge in [-0.25, -0.2) is 8.42 Å². The number of aryl methyl sites for hydroxylation is 1. The molecule has 1 aromatic rings. The van der Waals surface area contributed by atoms with Crippen LogP contribution in [-0.4, -0.2) is 46.7 Å². The summed E-state index contributed by atoms with van der Waals surface area (Å²) >= 11 is 0. The molecule has 0 bridgehead atoms. The van der Waals surface area contributed by atoms with Crippen LogP contribution in [-0.2, 0) is 21.4 Å². The SMILES string of the molecule is CC(CC#N)N(C)S(=O)(=O)c1cnn(CCC(=O)O)c1. The van der Waals surface area contributed by atoms with Gasteiger partial charge in [0.25, 0.3) is 0 Å². The molecule has 0 radical (unpaired) electrons. The molecular weight excluding hydrogens is 284 g/mol. The van der Waals surface area contributed by atoms with Gasteiger partial charge < -0.3 is 5.11 Å². The molecule has 20 heavy (non-hydrogen) atoms. The molecule has 1 heterocycles. The number of aliphatic carboxylic acids is 1. The first-order valence-electron chi connectivity index (χ1n) is 5.88. The molecule has 0 amide bonds. The Morgan fingerprint density at radius 1 is 1.65 bits per heavy atom. The highest BCUT2D eigenvalue weighted by Gasteiger charge is 2.26. The molecule has 110 valence electrons. The van der Waals surface area contributed by atoms with Gasteiger partial charge in [0.1, 0.15) is 4.90 Å². The van der Waals surface area contributed by atoms with Gasteiger partial charge in [-0.2, -0.15) is 14.7 Å². The van der Waals surface area contributed by atoms with Gasteiger partial charge in [-0.3, -0.25) is 9.48 Å². The number of sulfonamides is 1. The fourth-order valence-electron chi connectivity index (χ4n) is 1.47. The Morgan fingerprint density at radius 3 is 2.85 bits per heavy atom. The van der Waals surface area contributed by atoms with Crippen LogP contribution in [0.15, 0.2) is 17.3 Å². The van der Waals surface area contributed by atoms with Crippen molar-refractivity contribution in [1.82, 2.24) is 14.1 Å². The molecule has 0 aliphatic heterocycles. The summed E-state index contributed by atoms with van der Waals surface area (Å²) in [6.45, 7) is 1.73. The third-order valence-electron chi connectivity index (χ3n) is 2.85. The van der Waals surface area contributed by atoms with Crippen molar-refractivity contribution in [3.63, 3.8) is 0 Å². The summed E-state index contributed by atoms with van der Waals surface area (Å²) in [5.74, 6) is -0.982. The van der Waals surface area contributed by atoms with Crippen LogP contribution < -0.4 is 0 Å². The van der Waals surface area contributed by atoms with Crippen LogP contribution in [0.1, 0.15) is 19.8 Å². The maximum absolute atomic E-state index is 12.2. The topological polar surface area (TPSA) is 116 Å². The van der Waals surface area contributed by atoms with Crippen molar-refractivity contribution in [2.45, 2.75) is 37.2 Å². The molecule has 0 spiro atoms. The molecule has 1 aromatic heterocycles. The molecule has 0 saturated carbocycles. The van der Waals surface area contributed by atoms with Gasteiger partial charge in [0.05, 0.1) is 31.7 Å². The number of rotatable bonds is 7. The minimum Gasteiger partial charge on any atom is -0.481 e. The standard InChI is InChI=1S/C11H16N4O4S/c1-9(3-5-12)14(2)20(18,19)10-7-13-15(8-10)6-4-11(16)17/h7-9H,3-4,6H2,1-2H3,(H,16,17). The first-order chi connectivity index (χ1) is 9.28. The molecule has 0 aliphatic rings. The summed E-state index contributed by atoms with van der Waals surface area (Å²) in [7, 11) is -2.33. The van der Waals surface area contributed by atoms with Crippen LogP contribution in [0.5, 0.6) is 0 Å². The van der Waals surface area contributed by atoms with Gasteiger partial charge >= 0.3 is 5.97 Å². The van der Waals surface area contributed by atoms with Gasteiger partial charge in [-0.05, 0) is 6.92 Å². The monoisotopic (exact) mass is 300 g/mol. The van der Waals surface area contributed by atoms with E-state index >= 15 is 0 Å². The van der Waals surface area contributed by atoms with E-state index in [1.807, 2.05) is 6.07 Å². The highest BCUT2D eigenvalue weighted by molar-refractivity contribution is 7.89. The zero-order valence-electron chi connectivity index (χ0n) is 11.2. The molecule has 0 aromatic carbocycles. The van der Waals surface area contributed by atoms with E-state index in [1.165, 1.54) is 24.1 Å². The Hall–Kier alpha value is -1.92. The van der Waals surface area contributed by atoms with E-state index in [1.54, 1.807) is 6.92 Å². The Labute approximate surface area is 117 Å². The van der Waals surface area contributed by atoms with Crippen molar-refractivity contribution in [2.24, 2.45) is 0 Å². The first kappa shape index (κ1) is 16.1. The lowest BCUT2D eigenvalue weighted by Crippen LogP contribution is -2.34. The molecule has 0 saturated heterocycles. The fraction of sp³-hybridized carbons (Fsp3) is 0.545. The quantitative estimate of drug-likeness (QED) is 0.773. The van der Waals surface area contributed by atoms with E-state index in [0.29, 0.717) is 0 Å². The molecule has 8 nitrogen and oxygen atoms in total. The molecule has 1 N–H and O–H groups in total. The Bertz CT molecular complexity index is 617. The minimum atomic E-state index is -3.73. The summed E-state index contributed by atoms with van der Waals surface area (Å²) in [6.07, 6.45) is 2.41. The average molecular weight is 300 g/mol. The summed E-state index contributed by atoms with van der Waals surface area (Å²) in [6, 6.07) is 1.47. The highest BCUT2D eigenvalue weighted by Crippen LogP contribution is 2.17. The fourth-order valence-corrected chi connectivity index (χ4v) is 2.79. The molecule has 0 aliphatic carbocycles. The highest BCUT2D eigenvalue weighted by atomic mass is 32.2. The minimum absolute atomic E-state index is 0.0184. The predicted molar refractivity (Wildman–Crippen MR) is 69.1 cm³/mol. The van der Waals surface area contributed by atoms with E-state index in [0.717, 1.165) is 4.31 Å². The molecule has 0 fully saturated rings. The van der Waals surface area contributed by atoms with Crippen LogP contribution in [0.25, 0.3) is 0 Å². The lowest BCUT2D eigenvalue weighted by Gasteiger charge is -2.21. The van der Waals surface area contributed by atoms with Crippen LogP contribution in [0.3, 0.4) is 0 Å². The second kappa shape index (κ2) is 6.49. The van der Waals surface area contributed by atoms with Crippen LogP contribution in [0.2, 0.25) is 0 Å². The van der Waals surface area contributed by atoms with Crippen LogP contribution in [0, 0.1) is 11.3 Å². The summed E-state index contributed by atoms with van der Waals surface area (Å²) in [4.78, 5) is 10.4. The van der Waals surface area contributed by atoms with Gasteiger partial charge in [0.15, 0.2) is 0 Å². The van der Waals surface area contributed by atoms with E-state index < -0.39 is 22.0 Å². The maximum atomic E-state index is 12.2. The predicted octanol–water partition coefficient (Wildman–Crippen LogP) is 0.280. The van der Waals surface area contributed by atoms with Gasteiger partial charge in [0.2, 0.25) is 10.0 Å². The zero-order chi connectivity index (χ0) is 15.3. The van der Waals surface area contributed by atoms with Crippen molar-refractivity contribution in [3.8, 4) is 6.07 Å². The van der Waals surface area contributed by atoms with E-state index in [4.69, 9.17) is 10.4 Å². The van der Waals surface area contributed by atoms with E-state index in [-0.39, 0.29) is 24.3 Å². The number of carboxylic acid groups (broad SMARTS) is 1. The first-order valence-corrected chi connectivity index (χ1v) is 7.32. The van der Waals surface area contributed by atoms with E-state index in [9.17, 15) is 13.2 Å². The second-order valence-electron chi connectivity index (χ2n) is 4.32. The van der Waals surface area contributed by atoms with Crippen molar-refractivity contribution in [1.29, 1.82) is 5.26 Å². The molecule has 9 heteroatoms. The third kappa shape index (κ3) is 3.79. The van der Waals surface area contributed by atoms with Crippen molar-refractivity contribution < 1.29 is 18.3 Å². The van der Waals surface area contributed by atoms with E-state index in [2.05, 4.69) is 5.10 Å². The Balaban J connectivity index is 2.88. The maximum Gasteiger partial charge on any atom is 0.305 e.